The molecule has 2 aromatic carbocycles. The van der Waals surface area contributed by atoms with E-state index in [-0.39, 0.29) is 5.69 Å². The van der Waals surface area contributed by atoms with Gasteiger partial charge in [0, 0.05) is 35.9 Å². The molecule has 2 N–H and O–H groups in total. The Balaban J connectivity index is 1.43. The second-order valence-corrected chi connectivity index (χ2v) is 7.89. The number of nitrogens with zero attached hydrogens (tertiary/aromatic N) is 2. The van der Waals surface area contributed by atoms with Crippen LogP contribution in [0.25, 0.3) is 17.6 Å². The van der Waals surface area contributed by atoms with Gasteiger partial charge < -0.3 is 15.0 Å². The highest BCUT2D eigenvalue weighted by molar-refractivity contribution is 6.31. The molecule has 0 fully saturated rings. The van der Waals surface area contributed by atoms with Crippen LogP contribution in [0.1, 0.15) is 16.8 Å². The van der Waals surface area contributed by atoms with Gasteiger partial charge in [0.2, 0.25) is 5.91 Å². The maximum atomic E-state index is 13.0. The molecule has 0 saturated heterocycles. The van der Waals surface area contributed by atoms with Crippen molar-refractivity contribution in [3.63, 3.8) is 0 Å². The van der Waals surface area contributed by atoms with Crippen molar-refractivity contribution in [1.29, 1.82) is 0 Å². The molecule has 10 heteroatoms. The van der Waals surface area contributed by atoms with Gasteiger partial charge in [-0.15, -0.1) is 0 Å². The summed E-state index contributed by atoms with van der Waals surface area (Å²) < 4.78 is 44.9. The van der Waals surface area contributed by atoms with E-state index in [1.165, 1.54) is 18.2 Å². The molecular weight excluding hydrogens is 481 g/mol. The number of halogens is 4. The molecule has 0 aliphatic carbocycles. The molecule has 0 spiro atoms. The summed E-state index contributed by atoms with van der Waals surface area (Å²) in [5, 5.41) is 1.96. The van der Waals surface area contributed by atoms with Crippen molar-refractivity contribution in [1.82, 2.24) is 15.0 Å². The second-order valence-electron chi connectivity index (χ2n) is 7.48. The number of hydrogen-bond donors (Lipinski definition) is 2. The molecule has 0 atom stereocenters. The molecule has 4 rings (SSSR count). The van der Waals surface area contributed by atoms with Crippen LogP contribution in [0, 0.1) is 6.92 Å². The summed E-state index contributed by atoms with van der Waals surface area (Å²) in [4.78, 5) is 23.9. The smallest absolute Gasteiger partial charge is 0.417 e. The normalized spacial score (nSPS) is 11.6. The minimum atomic E-state index is -4.62. The number of aryl methyl sites for hydroxylation is 1. The topological polar surface area (TPSA) is 79.9 Å². The van der Waals surface area contributed by atoms with Gasteiger partial charge >= 0.3 is 6.18 Å². The zero-order chi connectivity index (χ0) is 25.0. The van der Waals surface area contributed by atoms with E-state index in [1.54, 1.807) is 48.8 Å². The van der Waals surface area contributed by atoms with E-state index in [4.69, 9.17) is 16.3 Å². The number of anilines is 1. The third-order valence-electron chi connectivity index (χ3n) is 4.74. The highest BCUT2D eigenvalue weighted by Gasteiger charge is 2.33. The number of amides is 1. The first kappa shape index (κ1) is 24.0. The summed E-state index contributed by atoms with van der Waals surface area (Å²) in [6.07, 6.45) is 1.42. The van der Waals surface area contributed by atoms with E-state index >= 15 is 0 Å². The van der Waals surface area contributed by atoms with Gasteiger partial charge in [0.15, 0.2) is 5.82 Å². The monoisotopic (exact) mass is 498 g/mol. The third-order valence-corrected chi connectivity index (χ3v) is 5.07. The maximum absolute atomic E-state index is 13.0. The molecule has 2 aromatic heterocycles. The third kappa shape index (κ3) is 6.27. The lowest BCUT2D eigenvalue weighted by atomic mass is 10.2. The lowest BCUT2D eigenvalue weighted by Crippen LogP contribution is -2.11. The molecule has 0 radical (unpaired) electrons. The number of carbonyl (C=O) groups is 1. The SMILES string of the molecule is Cc1cnc(-c2cc(Oc3cccc(/C=C/C(=O)Nc4ccc(Cl)c(C(F)(F)F)c4)c3)ccn2)[nH]1. The zero-order valence-corrected chi connectivity index (χ0v) is 19.0. The fraction of sp³-hybridized carbons (Fsp3) is 0.0800. The van der Waals surface area contributed by atoms with Gasteiger partial charge in [-0.05, 0) is 55.0 Å². The number of nitrogens with one attached hydrogen (secondary N) is 2. The molecule has 2 heterocycles. The number of hydrogen-bond acceptors (Lipinski definition) is 4. The van der Waals surface area contributed by atoms with Crippen LogP contribution < -0.4 is 10.1 Å². The molecule has 0 saturated carbocycles. The Hall–Kier alpha value is -4.11. The predicted molar refractivity (Wildman–Crippen MR) is 127 cm³/mol. The lowest BCUT2D eigenvalue weighted by molar-refractivity contribution is -0.137. The summed E-state index contributed by atoms with van der Waals surface area (Å²) in [6, 6.07) is 13.6. The van der Waals surface area contributed by atoms with E-state index in [0.29, 0.717) is 28.6 Å². The minimum absolute atomic E-state index is 0.0197. The fourth-order valence-electron chi connectivity index (χ4n) is 3.14. The zero-order valence-electron chi connectivity index (χ0n) is 18.2. The van der Waals surface area contributed by atoms with Crippen molar-refractivity contribution >= 4 is 29.3 Å². The Morgan fingerprint density at radius 1 is 1.09 bits per heavy atom. The van der Waals surface area contributed by atoms with E-state index in [0.717, 1.165) is 17.8 Å². The lowest BCUT2D eigenvalue weighted by Gasteiger charge is -2.11. The molecule has 0 aliphatic rings. The largest absolute Gasteiger partial charge is 0.457 e. The molecule has 0 aliphatic heterocycles. The van der Waals surface area contributed by atoms with Gasteiger partial charge in [0.05, 0.1) is 10.6 Å². The molecular formula is C25H18ClF3N4O2. The van der Waals surface area contributed by atoms with Gasteiger partial charge in [-0.25, -0.2) is 4.98 Å². The number of alkyl halides is 3. The van der Waals surface area contributed by atoms with Crippen LogP contribution in [0.5, 0.6) is 11.5 Å². The number of benzene rings is 2. The number of carbonyl (C=O) groups excluding carboxylic acids is 1. The first-order chi connectivity index (χ1) is 16.7. The van der Waals surface area contributed by atoms with Crippen molar-refractivity contribution in [3.8, 4) is 23.0 Å². The highest BCUT2D eigenvalue weighted by Crippen LogP contribution is 2.36. The van der Waals surface area contributed by atoms with Gasteiger partial charge in [0.1, 0.15) is 17.2 Å². The van der Waals surface area contributed by atoms with Crippen molar-refractivity contribution in [2.75, 3.05) is 5.32 Å². The standard InChI is InChI=1S/C25H18ClF3N4O2/c1-15-14-31-24(32-15)22-13-19(9-10-30-22)35-18-4-2-3-16(11-18)5-8-23(34)33-17-6-7-21(26)20(12-17)25(27,28)29/h2-14H,1H3,(H,31,32)(H,33,34)/b8-5+. The van der Waals surface area contributed by atoms with Crippen molar-refractivity contribution < 1.29 is 22.7 Å². The number of ether oxygens (including phenoxy) is 1. The van der Waals surface area contributed by atoms with Crippen molar-refractivity contribution in [2.24, 2.45) is 0 Å². The maximum Gasteiger partial charge on any atom is 0.417 e. The van der Waals surface area contributed by atoms with E-state index in [2.05, 4.69) is 20.3 Å². The van der Waals surface area contributed by atoms with Crippen LogP contribution >= 0.6 is 11.6 Å². The van der Waals surface area contributed by atoms with E-state index < -0.39 is 22.7 Å². The Labute approximate surface area is 203 Å². The van der Waals surface area contributed by atoms with Gasteiger partial charge in [-0.3, -0.25) is 9.78 Å². The number of imidazole rings is 1. The van der Waals surface area contributed by atoms with Gasteiger partial charge in [0.25, 0.3) is 0 Å². The van der Waals surface area contributed by atoms with Crippen molar-refractivity contribution in [3.05, 3.63) is 94.9 Å². The van der Waals surface area contributed by atoms with Crippen molar-refractivity contribution in [2.45, 2.75) is 13.1 Å². The molecule has 35 heavy (non-hydrogen) atoms. The predicted octanol–water partition coefficient (Wildman–Crippen LogP) is 6.90. The van der Waals surface area contributed by atoms with Crippen LogP contribution in [-0.2, 0) is 11.0 Å². The van der Waals surface area contributed by atoms with Crippen LogP contribution in [0.4, 0.5) is 18.9 Å². The molecule has 4 aromatic rings. The summed E-state index contributed by atoms with van der Waals surface area (Å²) in [5.74, 6) is 1.09. The number of pyridine rings is 1. The number of aromatic nitrogens is 3. The quantitative estimate of drug-likeness (QED) is 0.283. The first-order valence-electron chi connectivity index (χ1n) is 10.3. The molecule has 1 amide bonds. The Bertz CT molecular complexity index is 1400. The van der Waals surface area contributed by atoms with Crippen LogP contribution in [0.2, 0.25) is 5.02 Å². The molecule has 178 valence electrons. The Morgan fingerprint density at radius 2 is 1.89 bits per heavy atom. The van der Waals surface area contributed by atoms with Gasteiger partial charge in [-0.1, -0.05) is 23.7 Å². The highest BCUT2D eigenvalue weighted by atomic mass is 35.5. The van der Waals surface area contributed by atoms with Gasteiger partial charge in [-0.2, -0.15) is 13.2 Å². The summed E-state index contributed by atoms with van der Waals surface area (Å²) in [5.41, 5.74) is 1.15. The molecule has 0 unspecified atom stereocenters. The molecule has 0 bridgehead atoms. The summed E-state index contributed by atoms with van der Waals surface area (Å²) >= 11 is 5.61. The Morgan fingerprint density at radius 3 is 2.63 bits per heavy atom. The summed E-state index contributed by atoms with van der Waals surface area (Å²) in [7, 11) is 0. The molecule has 6 nitrogen and oxygen atoms in total. The van der Waals surface area contributed by atoms with Crippen LogP contribution in [-0.4, -0.2) is 20.9 Å². The number of H-pyrrole nitrogens is 1. The van der Waals surface area contributed by atoms with E-state index in [9.17, 15) is 18.0 Å². The fourth-order valence-corrected chi connectivity index (χ4v) is 3.37. The van der Waals surface area contributed by atoms with E-state index in [1.807, 2.05) is 6.92 Å². The minimum Gasteiger partial charge on any atom is -0.457 e. The van der Waals surface area contributed by atoms with Crippen LogP contribution in [0.15, 0.2) is 73.1 Å². The Kier molecular flexibility index (Phi) is 6.88. The first-order valence-corrected chi connectivity index (χ1v) is 10.7. The number of rotatable bonds is 6. The second kappa shape index (κ2) is 10.0. The summed E-state index contributed by atoms with van der Waals surface area (Å²) in [6.45, 7) is 1.89. The van der Waals surface area contributed by atoms with Crippen LogP contribution in [0.3, 0.4) is 0 Å². The average molecular weight is 499 g/mol. The average Bonchev–Trinajstić information content (AvgIpc) is 3.25. The number of aromatic amines is 1.